The first-order valence-corrected chi connectivity index (χ1v) is 9.17. The minimum atomic E-state index is 0.106. The van der Waals surface area contributed by atoms with Gasteiger partial charge in [-0.05, 0) is 50.0 Å². The van der Waals surface area contributed by atoms with Crippen LogP contribution >= 0.6 is 0 Å². The van der Waals surface area contributed by atoms with Crippen molar-refractivity contribution in [3.8, 4) is 0 Å². The van der Waals surface area contributed by atoms with Crippen LogP contribution in [0.1, 0.15) is 35.7 Å². The maximum absolute atomic E-state index is 12.9. The van der Waals surface area contributed by atoms with Crippen molar-refractivity contribution in [1.82, 2.24) is 35.2 Å². The highest BCUT2D eigenvalue weighted by Crippen LogP contribution is 2.29. The van der Waals surface area contributed by atoms with Gasteiger partial charge in [-0.3, -0.25) is 9.69 Å². The van der Waals surface area contributed by atoms with Gasteiger partial charge in [0.2, 0.25) is 5.91 Å². The Kier molecular flexibility index (Phi) is 4.47. The molecule has 26 heavy (non-hydrogen) atoms. The van der Waals surface area contributed by atoms with E-state index in [4.69, 9.17) is 4.52 Å². The molecule has 2 aromatic heterocycles. The lowest BCUT2D eigenvalue weighted by Crippen LogP contribution is -2.48. The van der Waals surface area contributed by atoms with E-state index in [1.54, 1.807) is 4.68 Å². The first kappa shape index (κ1) is 17.1. The van der Waals surface area contributed by atoms with E-state index >= 15 is 0 Å². The number of aryl methyl sites for hydroxylation is 3. The van der Waals surface area contributed by atoms with E-state index in [0.29, 0.717) is 11.7 Å². The second-order valence-corrected chi connectivity index (χ2v) is 7.52. The van der Waals surface area contributed by atoms with Crippen molar-refractivity contribution in [3.05, 3.63) is 22.8 Å². The van der Waals surface area contributed by atoms with E-state index in [0.717, 1.165) is 44.1 Å². The number of carbonyl (C=O) groups excluding carboxylic acids is 1. The van der Waals surface area contributed by atoms with Crippen LogP contribution in [0.25, 0.3) is 0 Å². The maximum Gasteiger partial charge on any atom is 0.244 e. The van der Waals surface area contributed by atoms with Gasteiger partial charge in [-0.1, -0.05) is 5.16 Å². The van der Waals surface area contributed by atoms with Crippen molar-refractivity contribution in [2.75, 3.05) is 19.6 Å². The Morgan fingerprint density at radius 1 is 1.19 bits per heavy atom. The third-order valence-electron chi connectivity index (χ3n) is 5.67. The summed E-state index contributed by atoms with van der Waals surface area (Å²) in [6.45, 7) is 9.54. The number of fused-ring (bicyclic) bond motifs is 4. The number of carbonyl (C=O) groups is 1. The van der Waals surface area contributed by atoms with Crippen molar-refractivity contribution < 1.29 is 9.32 Å². The molecule has 9 nitrogen and oxygen atoms in total. The largest absolute Gasteiger partial charge is 0.361 e. The van der Waals surface area contributed by atoms with Gasteiger partial charge in [0, 0.05) is 37.8 Å². The minimum Gasteiger partial charge on any atom is -0.361 e. The smallest absolute Gasteiger partial charge is 0.244 e. The van der Waals surface area contributed by atoms with Crippen molar-refractivity contribution in [2.24, 2.45) is 5.92 Å². The second-order valence-electron chi connectivity index (χ2n) is 7.52. The fourth-order valence-corrected chi connectivity index (χ4v) is 4.18. The molecule has 140 valence electrons. The summed E-state index contributed by atoms with van der Waals surface area (Å²) in [7, 11) is 0. The number of rotatable bonds is 4. The topological polar surface area (TPSA) is 93.2 Å². The Morgan fingerprint density at radius 2 is 2.04 bits per heavy atom. The van der Waals surface area contributed by atoms with Gasteiger partial charge in [-0.15, -0.1) is 5.10 Å². The van der Waals surface area contributed by atoms with E-state index in [1.807, 2.05) is 25.7 Å². The molecule has 3 aliphatic rings. The Balaban J connectivity index is 1.46. The highest BCUT2D eigenvalue weighted by molar-refractivity contribution is 5.76. The first-order chi connectivity index (χ1) is 12.5. The number of nitrogens with zero attached hydrogens (tertiary/aromatic N) is 7. The summed E-state index contributed by atoms with van der Waals surface area (Å²) < 4.78 is 6.88. The van der Waals surface area contributed by atoms with Crippen LogP contribution in [-0.4, -0.2) is 66.7 Å². The summed E-state index contributed by atoms with van der Waals surface area (Å²) in [6.07, 6.45) is 2.24. The lowest BCUT2D eigenvalue weighted by atomic mass is 9.95. The molecule has 2 atom stereocenters. The summed E-state index contributed by atoms with van der Waals surface area (Å²) >= 11 is 0. The lowest BCUT2D eigenvalue weighted by Gasteiger charge is -2.36. The SMILES string of the molecule is Cc1noc(C)c1CN1C[C@@H]2CC[C@H](C1)N(C(=O)Cn1nnnc1C)C2. The molecule has 0 spiro atoms. The molecule has 0 radical (unpaired) electrons. The molecule has 0 unspecified atom stereocenters. The van der Waals surface area contributed by atoms with Crippen LogP contribution in [0.4, 0.5) is 0 Å². The fourth-order valence-electron chi connectivity index (χ4n) is 4.18. The number of tetrazole rings is 1. The average Bonchev–Trinajstić information content (AvgIpc) is 3.02. The van der Waals surface area contributed by atoms with Gasteiger partial charge in [0.25, 0.3) is 0 Å². The summed E-state index contributed by atoms with van der Waals surface area (Å²) in [5.41, 5.74) is 2.13. The van der Waals surface area contributed by atoms with E-state index in [-0.39, 0.29) is 18.5 Å². The molecule has 0 aromatic carbocycles. The first-order valence-electron chi connectivity index (χ1n) is 9.17. The molecule has 2 bridgehead atoms. The summed E-state index contributed by atoms with van der Waals surface area (Å²) in [5, 5.41) is 15.5. The molecule has 1 amide bonds. The number of amides is 1. The molecule has 0 N–H and O–H groups in total. The van der Waals surface area contributed by atoms with Crippen LogP contribution in [0.5, 0.6) is 0 Å². The van der Waals surface area contributed by atoms with Gasteiger partial charge < -0.3 is 9.42 Å². The number of hydrogen-bond acceptors (Lipinski definition) is 7. The van der Waals surface area contributed by atoms with Crippen LogP contribution in [0.15, 0.2) is 4.52 Å². The third kappa shape index (κ3) is 3.23. The molecule has 0 saturated carbocycles. The number of hydrogen-bond donors (Lipinski definition) is 0. The Bertz CT molecular complexity index is 779. The molecule has 3 saturated heterocycles. The molecule has 5 rings (SSSR count). The van der Waals surface area contributed by atoms with E-state index < -0.39 is 0 Å². The third-order valence-corrected chi connectivity index (χ3v) is 5.67. The molecule has 5 heterocycles. The van der Waals surface area contributed by atoms with Crippen LogP contribution in [0.2, 0.25) is 0 Å². The molecular weight excluding hydrogens is 334 g/mol. The van der Waals surface area contributed by atoms with E-state index in [9.17, 15) is 4.79 Å². The van der Waals surface area contributed by atoms with E-state index in [2.05, 4.69) is 25.6 Å². The van der Waals surface area contributed by atoms with Crippen molar-refractivity contribution in [2.45, 2.75) is 52.7 Å². The number of piperidine rings is 1. The summed E-state index contributed by atoms with van der Waals surface area (Å²) in [5.74, 6) is 2.17. The van der Waals surface area contributed by atoms with Gasteiger partial charge in [-0.25, -0.2) is 4.68 Å². The predicted molar refractivity (Wildman–Crippen MR) is 92.0 cm³/mol. The molecular formula is C17H25N7O2. The monoisotopic (exact) mass is 359 g/mol. The summed E-state index contributed by atoms with van der Waals surface area (Å²) in [4.78, 5) is 17.4. The Morgan fingerprint density at radius 3 is 2.73 bits per heavy atom. The molecule has 2 aromatic rings. The predicted octanol–water partition coefficient (Wildman–Crippen LogP) is 0.709. The highest BCUT2D eigenvalue weighted by atomic mass is 16.5. The van der Waals surface area contributed by atoms with Gasteiger partial charge in [0.1, 0.15) is 18.1 Å². The molecule has 3 fully saturated rings. The van der Waals surface area contributed by atoms with Gasteiger partial charge in [0.05, 0.1) is 5.69 Å². The van der Waals surface area contributed by atoms with Crippen molar-refractivity contribution in [3.63, 3.8) is 0 Å². The zero-order valence-corrected chi connectivity index (χ0v) is 15.6. The van der Waals surface area contributed by atoms with Crippen LogP contribution < -0.4 is 0 Å². The summed E-state index contributed by atoms with van der Waals surface area (Å²) in [6, 6.07) is 0.249. The average molecular weight is 359 g/mol. The standard InChI is InChI=1S/C17H25N7O2/c1-11-16(12(2)26-19-11)9-22-6-14-4-5-15(8-22)23(7-14)17(25)10-24-13(3)18-20-21-24/h14-15H,4-10H2,1-3H3/t14-,15+/m0/s1. The minimum absolute atomic E-state index is 0.106. The number of aromatic nitrogens is 5. The maximum atomic E-state index is 12.9. The quantitative estimate of drug-likeness (QED) is 0.793. The van der Waals surface area contributed by atoms with Gasteiger partial charge in [-0.2, -0.15) is 0 Å². The molecule has 9 heteroatoms. The van der Waals surface area contributed by atoms with Gasteiger partial charge in [0.15, 0.2) is 0 Å². The molecule has 3 aliphatic heterocycles. The Hall–Kier alpha value is -2.29. The lowest BCUT2D eigenvalue weighted by molar-refractivity contribution is -0.136. The second kappa shape index (κ2) is 6.79. The van der Waals surface area contributed by atoms with Crippen LogP contribution in [-0.2, 0) is 17.9 Å². The van der Waals surface area contributed by atoms with Crippen molar-refractivity contribution >= 4 is 5.91 Å². The normalized spacial score (nSPS) is 23.4. The molecule has 0 aliphatic carbocycles. The van der Waals surface area contributed by atoms with E-state index in [1.165, 1.54) is 12.0 Å². The zero-order chi connectivity index (χ0) is 18.3. The Labute approximate surface area is 152 Å². The fraction of sp³-hybridized carbons (Fsp3) is 0.706. The van der Waals surface area contributed by atoms with Crippen molar-refractivity contribution in [1.29, 1.82) is 0 Å². The highest BCUT2D eigenvalue weighted by Gasteiger charge is 2.37. The van der Waals surface area contributed by atoms with Crippen LogP contribution in [0.3, 0.4) is 0 Å². The van der Waals surface area contributed by atoms with Gasteiger partial charge >= 0.3 is 0 Å². The zero-order valence-electron chi connectivity index (χ0n) is 15.6. The van der Waals surface area contributed by atoms with Crippen LogP contribution in [0, 0.1) is 26.7 Å².